The van der Waals surface area contributed by atoms with Crippen molar-refractivity contribution < 1.29 is 13.2 Å². The quantitative estimate of drug-likeness (QED) is 0.582. The van der Waals surface area contributed by atoms with Gasteiger partial charge in [-0.25, -0.2) is 0 Å². The van der Waals surface area contributed by atoms with Crippen molar-refractivity contribution in [1.29, 1.82) is 0 Å². The molecule has 0 heterocycles. The van der Waals surface area contributed by atoms with E-state index in [1.165, 1.54) is 19.2 Å². The molecule has 0 amide bonds. The molecule has 1 rings (SSSR count). The van der Waals surface area contributed by atoms with Gasteiger partial charge in [-0.1, -0.05) is 12.1 Å². The van der Waals surface area contributed by atoms with Gasteiger partial charge in [0.25, 0.3) is 0 Å². The van der Waals surface area contributed by atoms with Crippen molar-refractivity contribution in [3.05, 3.63) is 35.4 Å². The minimum absolute atomic E-state index is 0. The van der Waals surface area contributed by atoms with Crippen LogP contribution in [0.4, 0.5) is 13.2 Å². The maximum absolute atomic E-state index is 12.4. The molecule has 21 heavy (non-hydrogen) atoms. The van der Waals surface area contributed by atoms with E-state index in [0.29, 0.717) is 13.0 Å². The van der Waals surface area contributed by atoms with Crippen LogP contribution in [-0.4, -0.2) is 25.5 Å². The average Bonchev–Trinajstić information content (AvgIpc) is 2.36. The summed E-state index contributed by atoms with van der Waals surface area (Å²) in [5, 5.41) is 2.87. The van der Waals surface area contributed by atoms with E-state index in [-0.39, 0.29) is 24.3 Å². The van der Waals surface area contributed by atoms with E-state index in [2.05, 4.69) is 15.3 Å². The van der Waals surface area contributed by atoms with Crippen LogP contribution in [0.15, 0.2) is 34.3 Å². The van der Waals surface area contributed by atoms with Gasteiger partial charge in [0.15, 0.2) is 5.96 Å². The number of hydrogen-bond donors (Lipinski definition) is 3. The number of halogens is 4. The minimum atomic E-state index is -4.31. The van der Waals surface area contributed by atoms with E-state index in [9.17, 15) is 13.2 Å². The largest absolute Gasteiger partial charge is 0.416 e. The molecule has 0 aliphatic heterocycles. The first-order chi connectivity index (χ1) is 9.32. The van der Waals surface area contributed by atoms with Crippen LogP contribution in [0.1, 0.15) is 11.1 Å². The maximum Gasteiger partial charge on any atom is 0.416 e. The molecule has 5 nitrogen and oxygen atoms in total. The highest BCUT2D eigenvalue weighted by Gasteiger charge is 2.29. The van der Waals surface area contributed by atoms with Gasteiger partial charge >= 0.3 is 6.18 Å². The lowest BCUT2D eigenvalue weighted by molar-refractivity contribution is -0.137. The molecule has 0 atom stereocenters. The van der Waals surface area contributed by atoms with Crippen molar-refractivity contribution >= 4 is 24.3 Å². The zero-order chi connectivity index (χ0) is 15.2. The van der Waals surface area contributed by atoms with Crippen molar-refractivity contribution in [1.82, 2.24) is 5.32 Å². The van der Waals surface area contributed by atoms with E-state index < -0.39 is 11.7 Å². The fourth-order valence-corrected chi connectivity index (χ4v) is 1.47. The molecule has 0 unspecified atom stereocenters. The molecule has 0 saturated carbocycles. The van der Waals surface area contributed by atoms with Gasteiger partial charge in [-0.05, 0) is 24.1 Å². The first-order valence-corrected chi connectivity index (χ1v) is 5.79. The Hall–Kier alpha value is -1.96. The van der Waals surface area contributed by atoms with Crippen LogP contribution < -0.4 is 16.8 Å². The fourth-order valence-electron chi connectivity index (χ4n) is 1.47. The molecule has 0 bridgehead atoms. The number of nitrogens with zero attached hydrogens (tertiary/aromatic N) is 2. The SMILES string of the molecule is CN=C(N=C(N)N)NCCc1ccc(C(F)(F)F)cc1.Cl. The standard InChI is InChI=1S/C12H16F3N5.ClH/c1-18-11(20-10(16)17)19-7-6-8-2-4-9(5-3-8)12(13,14)15;/h2-5H,6-7H2,1H3,(H5,16,17,18,19,20);1H. The normalized spacial score (nSPS) is 11.5. The first kappa shape index (κ1) is 19.0. The Kier molecular flexibility index (Phi) is 7.57. The lowest BCUT2D eigenvalue weighted by Crippen LogP contribution is -2.30. The van der Waals surface area contributed by atoms with E-state index in [4.69, 9.17) is 11.5 Å². The number of alkyl halides is 3. The molecule has 1 aromatic rings. The smallest absolute Gasteiger partial charge is 0.370 e. The molecule has 9 heteroatoms. The molecule has 0 saturated heterocycles. The Bertz CT molecular complexity index is 493. The summed E-state index contributed by atoms with van der Waals surface area (Å²) in [4.78, 5) is 7.55. The first-order valence-electron chi connectivity index (χ1n) is 5.79. The van der Waals surface area contributed by atoms with Crippen LogP contribution in [0.25, 0.3) is 0 Å². The average molecular weight is 324 g/mol. The van der Waals surface area contributed by atoms with Crippen LogP contribution in [0.2, 0.25) is 0 Å². The zero-order valence-corrected chi connectivity index (χ0v) is 12.1. The predicted octanol–water partition coefficient (Wildman–Crippen LogP) is 1.52. The third kappa shape index (κ3) is 6.84. The molecule has 0 aliphatic carbocycles. The number of nitrogens with two attached hydrogens (primary N) is 2. The van der Waals surface area contributed by atoms with E-state index in [1.54, 1.807) is 0 Å². The third-order valence-electron chi connectivity index (χ3n) is 2.42. The van der Waals surface area contributed by atoms with Gasteiger partial charge < -0.3 is 16.8 Å². The number of benzene rings is 1. The van der Waals surface area contributed by atoms with Crippen molar-refractivity contribution in [2.45, 2.75) is 12.6 Å². The van der Waals surface area contributed by atoms with Crippen molar-refractivity contribution in [3.8, 4) is 0 Å². The number of nitrogens with one attached hydrogen (secondary N) is 1. The summed E-state index contributed by atoms with van der Waals surface area (Å²) in [6, 6.07) is 4.99. The molecule has 0 aromatic heterocycles. The Morgan fingerprint density at radius 2 is 1.76 bits per heavy atom. The van der Waals surface area contributed by atoms with Gasteiger partial charge in [0.05, 0.1) is 5.56 Å². The Morgan fingerprint density at radius 3 is 2.19 bits per heavy atom. The van der Waals surface area contributed by atoms with Crippen LogP contribution >= 0.6 is 12.4 Å². The molecular formula is C12H17ClF3N5. The summed E-state index contributed by atoms with van der Waals surface area (Å²) in [5.41, 5.74) is 10.5. The van der Waals surface area contributed by atoms with Crippen LogP contribution in [0.5, 0.6) is 0 Å². The number of guanidine groups is 2. The van der Waals surface area contributed by atoms with Crippen molar-refractivity contribution in [2.24, 2.45) is 21.5 Å². The second-order valence-electron chi connectivity index (χ2n) is 3.96. The van der Waals surface area contributed by atoms with Gasteiger partial charge in [-0.15, -0.1) is 12.4 Å². The summed E-state index contributed by atoms with van der Waals surface area (Å²) in [6.45, 7) is 0.453. The summed E-state index contributed by atoms with van der Waals surface area (Å²) in [5.74, 6) is 0.157. The zero-order valence-electron chi connectivity index (χ0n) is 11.3. The predicted molar refractivity (Wildman–Crippen MR) is 79.6 cm³/mol. The summed E-state index contributed by atoms with van der Waals surface area (Å²) in [7, 11) is 1.52. The van der Waals surface area contributed by atoms with E-state index in [0.717, 1.165) is 17.7 Å². The molecule has 1 aromatic carbocycles. The lowest BCUT2D eigenvalue weighted by atomic mass is 10.1. The second-order valence-corrected chi connectivity index (χ2v) is 3.96. The summed E-state index contributed by atoms with van der Waals surface area (Å²) < 4.78 is 37.1. The fraction of sp³-hybridized carbons (Fsp3) is 0.333. The highest BCUT2D eigenvalue weighted by Crippen LogP contribution is 2.29. The van der Waals surface area contributed by atoms with Gasteiger partial charge in [-0.3, -0.25) is 4.99 Å². The number of hydrogen-bond acceptors (Lipinski definition) is 1. The summed E-state index contributed by atoms with van der Waals surface area (Å²) >= 11 is 0. The lowest BCUT2D eigenvalue weighted by Gasteiger charge is -2.08. The van der Waals surface area contributed by atoms with E-state index >= 15 is 0 Å². The molecule has 118 valence electrons. The van der Waals surface area contributed by atoms with Gasteiger partial charge in [0.1, 0.15) is 0 Å². The Labute approximate surface area is 126 Å². The highest BCUT2D eigenvalue weighted by atomic mass is 35.5. The Balaban J connectivity index is 0.00000400. The molecule has 0 fully saturated rings. The minimum Gasteiger partial charge on any atom is -0.370 e. The van der Waals surface area contributed by atoms with E-state index in [1.807, 2.05) is 0 Å². The third-order valence-corrected chi connectivity index (χ3v) is 2.42. The summed E-state index contributed by atoms with van der Waals surface area (Å²) in [6.07, 6.45) is -3.79. The Morgan fingerprint density at radius 1 is 1.19 bits per heavy atom. The topological polar surface area (TPSA) is 88.8 Å². The van der Waals surface area contributed by atoms with Crippen molar-refractivity contribution in [2.75, 3.05) is 13.6 Å². The van der Waals surface area contributed by atoms with Crippen LogP contribution in [0.3, 0.4) is 0 Å². The molecule has 0 aliphatic rings. The molecule has 5 N–H and O–H groups in total. The number of rotatable bonds is 3. The molecule has 0 spiro atoms. The van der Waals surface area contributed by atoms with Crippen molar-refractivity contribution in [3.63, 3.8) is 0 Å². The molecular weight excluding hydrogens is 307 g/mol. The van der Waals surface area contributed by atoms with Gasteiger partial charge in [0.2, 0.25) is 5.96 Å². The maximum atomic E-state index is 12.4. The monoisotopic (exact) mass is 323 g/mol. The van der Waals surface area contributed by atoms with Crippen LogP contribution in [-0.2, 0) is 12.6 Å². The highest BCUT2D eigenvalue weighted by molar-refractivity contribution is 5.93. The van der Waals surface area contributed by atoms with Crippen LogP contribution in [0, 0.1) is 0 Å². The van der Waals surface area contributed by atoms with Gasteiger partial charge in [0, 0.05) is 13.6 Å². The number of aliphatic imine (C=N–C) groups is 2. The second kappa shape index (κ2) is 8.35. The van der Waals surface area contributed by atoms with Gasteiger partial charge in [-0.2, -0.15) is 18.2 Å². The molecule has 0 radical (unpaired) electrons.